The van der Waals surface area contributed by atoms with Gasteiger partial charge in [-0.15, -0.1) is 0 Å². The third-order valence-electron chi connectivity index (χ3n) is 5.78. The van der Waals surface area contributed by atoms with Crippen LogP contribution in [0.3, 0.4) is 0 Å². The number of ether oxygens (including phenoxy) is 1. The van der Waals surface area contributed by atoms with E-state index in [-0.39, 0.29) is 17.3 Å². The number of hydrogen-bond donors (Lipinski definition) is 0. The van der Waals surface area contributed by atoms with Gasteiger partial charge in [0.2, 0.25) is 0 Å². The highest BCUT2D eigenvalue weighted by atomic mass is 35.5. The largest absolute Gasteiger partial charge is 0.361 e. The third kappa shape index (κ3) is 6.01. The highest BCUT2D eigenvalue weighted by molar-refractivity contribution is 7.90. The summed E-state index contributed by atoms with van der Waals surface area (Å²) in [5, 5.41) is 0.449. The fraction of sp³-hybridized carbons (Fsp3) is 0.269. The quantitative estimate of drug-likeness (QED) is 0.184. The number of nitrogens with zero attached hydrogens (tertiary/aromatic N) is 2. The van der Waals surface area contributed by atoms with E-state index in [1.54, 1.807) is 47.0 Å². The van der Waals surface area contributed by atoms with Crippen molar-refractivity contribution >= 4 is 40.5 Å². The number of aromatic nitrogens is 2. The summed E-state index contributed by atoms with van der Waals surface area (Å²) in [7, 11) is -4.45. The second kappa shape index (κ2) is 9.85. The number of hydrogen-bond acceptors (Lipinski definition) is 4. The average Bonchev–Trinajstić information content (AvgIpc) is 3.09. The zero-order chi connectivity index (χ0) is 25.4. The predicted octanol–water partition coefficient (Wildman–Crippen LogP) is 6.88. The summed E-state index contributed by atoms with van der Waals surface area (Å²) in [6, 6.07) is 18.2. The minimum atomic E-state index is -3.25. The zero-order valence-corrected chi connectivity index (χ0v) is 22.8. The normalized spacial score (nSPS) is 12.4. The lowest BCUT2D eigenvalue weighted by Crippen LogP contribution is -2.22. The van der Waals surface area contributed by atoms with Gasteiger partial charge in [0.05, 0.1) is 15.9 Å². The molecule has 5 nitrogen and oxygen atoms in total. The molecule has 184 valence electrons. The summed E-state index contributed by atoms with van der Waals surface area (Å²) in [5.74, 6) is -0.444. The first-order chi connectivity index (χ1) is 16.4. The van der Waals surface area contributed by atoms with Gasteiger partial charge >= 0.3 is 0 Å². The first kappa shape index (κ1) is 25.6. The fourth-order valence-corrected chi connectivity index (χ4v) is 5.34. The van der Waals surface area contributed by atoms with Crippen molar-refractivity contribution in [3.63, 3.8) is 0 Å². The van der Waals surface area contributed by atoms with Crippen LogP contribution in [0, 0.1) is 5.82 Å². The maximum atomic E-state index is 15.1. The van der Waals surface area contributed by atoms with Crippen molar-refractivity contribution in [3.05, 3.63) is 71.6 Å². The summed E-state index contributed by atoms with van der Waals surface area (Å²) in [6.07, 6.45) is 1.18. The number of rotatable bonds is 8. The molecule has 35 heavy (non-hydrogen) atoms. The number of sulfone groups is 1. The molecule has 4 aromatic rings. The van der Waals surface area contributed by atoms with E-state index in [4.69, 9.17) is 16.3 Å². The molecule has 0 saturated heterocycles. The SMILES string of the molecule is C[Si](C)(C)CCOCn1c(Cl)cc2nc(-c3ccc(-c4ccc(S(C)(=O)=O)cc4)cc3)c(F)cc21. The fourth-order valence-electron chi connectivity index (χ4n) is 3.70. The lowest BCUT2D eigenvalue weighted by Gasteiger charge is -2.16. The third-order valence-corrected chi connectivity index (χ3v) is 8.93. The number of benzene rings is 2. The van der Waals surface area contributed by atoms with E-state index < -0.39 is 23.7 Å². The molecule has 4 rings (SSSR count). The molecule has 0 aliphatic carbocycles. The van der Waals surface area contributed by atoms with Crippen molar-refractivity contribution in [2.75, 3.05) is 12.9 Å². The Balaban J connectivity index is 1.56. The highest BCUT2D eigenvalue weighted by Gasteiger charge is 2.16. The minimum absolute atomic E-state index is 0.241. The maximum absolute atomic E-state index is 15.1. The van der Waals surface area contributed by atoms with E-state index in [0.29, 0.717) is 28.4 Å². The first-order valence-electron chi connectivity index (χ1n) is 11.3. The number of pyridine rings is 1. The van der Waals surface area contributed by atoms with Crippen LogP contribution < -0.4 is 0 Å². The molecule has 2 aromatic heterocycles. The van der Waals surface area contributed by atoms with Crippen LogP contribution in [-0.4, -0.2) is 38.9 Å². The van der Waals surface area contributed by atoms with Crippen LogP contribution in [-0.2, 0) is 21.3 Å². The standard InChI is InChI=1S/C26H28ClFN2O3SSi/c1-34(31,32)21-11-9-19(10-12-21)18-5-7-20(8-6-18)26-22(28)15-24-23(29-26)16-25(27)30(24)17-33-13-14-35(2,3)4/h5-12,15-16H,13-14,17H2,1-4H3. The second-order valence-electron chi connectivity index (χ2n) is 9.84. The van der Waals surface area contributed by atoms with Gasteiger partial charge in [-0.2, -0.15) is 0 Å². The van der Waals surface area contributed by atoms with Gasteiger partial charge < -0.3 is 9.30 Å². The summed E-state index contributed by atoms with van der Waals surface area (Å²) >= 11 is 6.41. The van der Waals surface area contributed by atoms with E-state index in [1.165, 1.54) is 12.3 Å². The Morgan fingerprint density at radius 3 is 2.11 bits per heavy atom. The zero-order valence-electron chi connectivity index (χ0n) is 20.2. The van der Waals surface area contributed by atoms with Crippen molar-refractivity contribution in [2.24, 2.45) is 0 Å². The van der Waals surface area contributed by atoms with E-state index in [1.807, 2.05) is 12.1 Å². The number of halogens is 2. The summed E-state index contributed by atoms with van der Waals surface area (Å²) in [5.41, 5.74) is 3.82. The van der Waals surface area contributed by atoms with Gasteiger partial charge in [0, 0.05) is 38.6 Å². The van der Waals surface area contributed by atoms with Crippen LogP contribution in [0.2, 0.25) is 30.8 Å². The molecule has 0 aliphatic rings. The molecular formula is C26H28ClFN2O3SSi. The molecule has 0 bridgehead atoms. The molecule has 0 amide bonds. The predicted molar refractivity (Wildman–Crippen MR) is 143 cm³/mol. The van der Waals surface area contributed by atoms with Crippen LogP contribution in [0.5, 0.6) is 0 Å². The molecule has 0 atom stereocenters. The maximum Gasteiger partial charge on any atom is 0.175 e. The molecule has 0 radical (unpaired) electrons. The van der Waals surface area contributed by atoms with Gasteiger partial charge in [-0.25, -0.2) is 17.8 Å². The summed E-state index contributed by atoms with van der Waals surface area (Å²) in [4.78, 5) is 4.81. The van der Waals surface area contributed by atoms with Gasteiger partial charge in [-0.3, -0.25) is 0 Å². The molecular weight excluding hydrogens is 503 g/mol. The molecule has 9 heteroatoms. The topological polar surface area (TPSA) is 61.2 Å². The smallest absolute Gasteiger partial charge is 0.175 e. The lowest BCUT2D eigenvalue weighted by atomic mass is 10.0. The van der Waals surface area contributed by atoms with Crippen LogP contribution in [0.1, 0.15) is 0 Å². The molecule has 0 aliphatic heterocycles. The van der Waals surface area contributed by atoms with E-state index >= 15 is 4.39 Å². The van der Waals surface area contributed by atoms with Crippen molar-refractivity contribution in [1.82, 2.24) is 9.55 Å². The monoisotopic (exact) mass is 530 g/mol. The Morgan fingerprint density at radius 2 is 1.54 bits per heavy atom. The van der Waals surface area contributed by atoms with E-state index in [0.717, 1.165) is 17.2 Å². The Labute approximate surface area is 211 Å². The summed E-state index contributed by atoms with van der Waals surface area (Å²) < 4.78 is 46.0. The van der Waals surface area contributed by atoms with Gasteiger partial charge in [0.1, 0.15) is 17.6 Å². The molecule has 0 unspecified atom stereocenters. The van der Waals surface area contributed by atoms with Gasteiger partial charge in [0.25, 0.3) is 0 Å². The lowest BCUT2D eigenvalue weighted by molar-refractivity contribution is 0.0904. The Bertz CT molecular complexity index is 1460. The Morgan fingerprint density at radius 1 is 0.971 bits per heavy atom. The van der Waals surface area contributed by atoms with E-state index in [9.17, 15) is 8.42 Å². The first-order valence-corrected chi connectivity index (χ1v) is 17.2. The summed E-state index contributed by atoms with van der Waals surface area (Å²) in [6.45, 7) is 7.76. The van der Waals surface area contributed by atoms with Gasteiger partial charge in [-0.05, 0) is 29.3 Å². The molecule has 0 spiro atoms. The van der Waals surface area contributed by atoms with Crippen LogP contribution in [0.4, 0.5) is 4.39 Å². The van der Waals surface area contributed by atoms with Crippen LogP contribution in [0.25, 0.3) is 33.4 Å². The van der Waals surface area contributed by atoms with Gasteiger partial charge in [0.15, 0.2) is 15.7 Å². The molecule has 0 saturated carbocycles. The van der Waals surface area contributed by atoms with E-state index in [2.05, 4.69) is 24.6 Å². The Hall–Kier alpha value is -2.52. The average molecular weight is 531 g/mol. The van der Waals surface area contributed by atoms with Crippen molar-refractivity contribution in [1.29, 1.82) is 0 Å². The van der Waals surface area contributed by atoms with Crippen LogP contribution >= 0.6 is 11.6 Å². The van der Waals surface area contributed by atoms with Gasteiger partial charge in [-0.1, -0.05) is 67.6 Å². The second-order valence-corrected chi connectivity index (χ2v) is 17.9. The molecule has 0 N–H and O–H groups in total. The Kier molecular flexibility index (Phi) is 7.20. The van der Waals surface area contributed by atoms with Crippen molar-refractivity contribution in [3.8, 4) is 22.4 Å². The van der Waals surface area contributed by atoms with Crippen LogP contribution in [0.15, 0.2) is 65.6 Å². The minimum Gasteiger partial charge on any atom is -0.361 e. The highest BCUT2D eigenvalue weighted by Crippen LogP contribution is 2.30. The van der Waals surface area contributed by atoms with Crippen molar-refractivity contribution in [2.45, 2.75) is 37.3 Å². The molecule has 0 fully saturated rings. The molecule has 2 aromatic carbocycles. The molecule has 2 heterocycles. The number of fused-ring (bicyclic) bond motifs is 1. The van der Waals surface area contributed by atoms with Crippen molar-refractivity contribution < 1.29 is 17.5 Å².